The first-order valence-electron chi connectivity index (χ1n) is 9.58. The van der Waals surface area contributed by atoms with Crippen LogP contribution in [0, 0.1) is 16.7 Å². The summed E-state index contributed by atoms with van der Waals surface area (Å²) in [5.74, 6) is 0.251. The van der Waals surface area contributed by atoms with Gasteiger partial charge in [-0.2, -0.15) is 4.99 Å². The van der Waals surface area contributed by atoms with Crippen molar-refractivity contribution >= 4 is 11.9 Å². The van der Waals surface area contributed by atoms with E-state index >= 15 is 0 Å². The highest BCUT2D eigenvalue weighted by Gasteiger charge is 2.49. The zero-order valence-corrected chi connectivity index (χ0v) is 16.6. The summed E-state index contributed by atoms with van der Waals surface area (Å²) in [6.07, 6.45) is 10.4. The van der Waals surface area contributed by atoms with Gasteiger partial charge in [0.15, 0.2) is 5.96 Å². The van der Waals surface area contributed by atoms with Crippen molar-refractivity contribution in [3.63, 3.8) is 0 Å². The van der Waals surface area contributed by atoms with E-state index in [2.05, 4.69) is 32.7 Å². The van der Waals surface area contributed by atoms with Crippen molar-refractivity contribution in [1.29, 1.82) is 0 Å². The summed E-state index contributed by atoms with van der Waals surface area (Å²) in [7, 11) is 0. The fraction of sp³-hybridized carbons (Fsp3) is 0.714. The zero-order chi connectivity index (χ0) is 18.8. The third-order valence-corrected chi connectivity index (χ3v) is 6.66. The van der Waals surface area contributed by atoms with Gasteiger partial charge in [-0.15, -0.1) is 0 Å². The van der Waals surface area contributed by atoms with Crippen LogP contribution in [0.2, 0.25) is 0 Å². The van der Waals surface area contributed by atoms with Crippen LogP contribution >= 0.6 is 0 Å². The van der Waals surface area contributed by atoms with Gasteiger partial charge in [0, 0.05) is 5.57 Å². The molecule has 0 aliphatic heterocycles. The number of fused-ring (bicyclic) bond motifs is 1. The number of allylic oxidation sites excluding steroid dienone is 3. The number of rotatable bonds is 4. The smallest absolute Gasteiger partial charge is 0.275 e. The van der Waals surface area contributed by atoms with Crippen LogP contribution < -0.4 is 11.5 Å². The second kappa shape index (κ2) is 7.35. The molecule has 0 heterocycles. The largest absolute Gasteiger partial charge is 0.370 e. The predicted octanol–water partition coefficient (Wildman–Crippen LogP) is 4.46. The standard InChI is InChI=1S/C21H35N3O/c1-14-10-11-17-20(3,4)12-7-13-21(17,5)16(14)9-6-8-15(2)18(25)24-19(22)23/h8,17H,6-7,9-13H2,1-5H3,(H4,22,23,24,25)/b15-8-/t17-,21+/m0/s1. The van der Waals surface area contributed by atoms with Crippen LogP contribution in [0.25, 0.3) is 0 Å². The van der Waals surface area contributed by atoms with Crippen LogP contribution in [-0.4, -0.2) is 11.9 Å². The minimum Gasteiger partial charge on any atom is -0.370 e. The van der Waals surface area contributed by atoms with E-state index in [1.54, 1.807) is 18.1 Å². The van der Waals surface area contributed by atoms with Crippen molar-refractivity contribution in [1.82, 2.24) is 0 Å². The van der Waals surface area contributed by atoms with Gasteiger partial charge in [0.05, 0.1) is 0 Å². The molecule has 4 heteroatoms. The third-order valence-electron chi connectivity index (χ3n) is 6.66. The molecule has 4 N–H and O–H groups in total. The molecule has 0 bridgehead atoms. The molecule has 25 heavy (non-hydrogen) atoms. The van der Waals surface area contributed by atoms with E-state index in [0.29, 0.717) is 16.4 Å². The number of nitrogens with zero attached hydrogens (tertiary/aromatic N) is 1. The average Bonchev–Trinajstić information content (AvgIpc) is 2.48. The van der Waals surface area contributed by atoms with Crippen molar-refractivity contribution in [3.8, 4) is 0 Å². The molecule has 4 nitrogen and oxygen atoms in total. The molecule has 1 amide bonds. The molecular weight excluding hydrogens is 310 g/mol. The van der Waals surface area contributed by atoms with E-state index < -0.39 is 0 Å². The molecule has 1 saturated carbocycles. The first-order chi connectivity index (χ1) is 11.6. The number of hydrogen-bond donors (Lipinski definition) is 2. The van der Waals surface area contributed by atoms with Crippen LogP contribution in [0.3, 0.4) is 0 Å². The summed E-state index contributed by atoms with van der Waals surface area (Å²) in [5, 5.41) is 0. The highest BCUT2D eigenvalue weighted by molar-refractivity contribution is 6.00. The second-order valence-corrected chi connectivity index (χ2v) is 8.88. The second-order valence-electron chi connectivity index (χ2n) is 8.88. The lowest BCUT2D eigenvalue weighted by molar-refractivity contribution is -0.114. The molecule has 0 spiro atoms. The van der Waals surface area contributed by atoms with Gasteiger partial charge < -0.3 is 11.5 Å². The molecule has 0 saturated heterocycles. The number of nitrogens with two attached hydrogens (primary N) is 2. The first kappa shape index (κ1) is 19.7. The molecule has 0 aromatic heterocycles. The Morgan fingerprint density at radius 1 is 1.28 bits per heavy atom. The number of aliphatic imine (C=N–C) groups is 1. The van der Waals surface area contributed by atoms with E-state index in [1.807, 2.05) is 6.08 Å². The van der Waals surface area contributed by atoms with E-state index in [9.17, 15) is 4.79 Å². The number of guanidine groups is 1. The Bertz CT molecular complexity index is 623. The first-order valence-corrected chi connectivity index (χ1v) is 9.58. The predicted molar refractivity (Wildman–Crippen MR) is 105 cm³/mol. The molecule has 1 fully saturated rings. The van der Waals surface area contributed by atoms with E-state index in [0.717, 1.165) is 18.8 Å². The number of hydrogen-bond acceptors (Lipinski definition) is 1. The zero-order valence-electron chi connectivity index (χ0n) is 16.6. The molecule has 0 radical (unpaired) electrons. The van der Waals surface area contributed by atoms with Gasteiger partial charge in [-0.3, -0.25) is 4.79 Å². The molecule has 0 aromatic rings. The minimum absolute atomic E-state index is 0.177. The fourth-order valence-corrected chi connectivity index (χ4v) is 5.42. The van der Waals surface area contributed by atoms with Gasteiger partial charge in [0.1, 0.15) is 0 Å². The van der Waals surface area contributed by atoms with Crippen molar-refractivity contribution < 1.29 is 4.79 Å². The minimum atomic E-state index is -0.336. The van der Waals surface area contributed by atoms with Crippen LogP contribution in [-0.2, 0) is 4.79 Å². The highest BCUT2D eigenvalue weighted by Crippen LogP contribution is 2.60. The van der Waals surface area contributed by atoms with Crippen molar-refractivity contribution in [2.24, 2.45) is 33.2 Å². The number of carbonyl (C=O) groups excluding carboxylic acids is 1. The lowest BCUT2D eigenvalue weighted by atomic mass is 9.50. The van der Waals surface area contributed by atoms with Gasteiger partial charge >= 0.3 is 0 Å². The molecule has 2 aliphatic rings. The van der Waals surface area contributed by atoms with Crippen LogP contribution in [0.4, 0.5) is 0 Å². The Hall–Kier alpha value is -1.58. The molecule has 0 unspecified atom stereocenters. The van der Waals surface area contributed by atoms with Gasteiger partial charge in [0.2, 0.25) is 0 Å². The third kappa shape index (κ3) is 4.16. The van der Waals surface area contributed by atoms with E-state index in [-0.39, 0.29) is 11.9 Å². The SMILES string of the molecule is CC1=C(CC/C=C(/C)C(=O)N=C(N)N)[C@@]2(C)CCCC(C)(C)[C@@H]2CC1. The van der Waals surface area contributed by atoms with Gasteiger partial charge in [-0.05, 0) is 69.1 Å². The molecule has 2 atom stereocenters. The van der Waals surface area contributed by atoms with Gasteiger partial charge in [0.25, 0.3) is 5.91 Å². The lowest BCUT2D eigenvalue weighted by Crippen LogP contribution is -2.45. The summed E-state index contributed by atoms with van der Waals surface area (Å²) in [5.41, 5.74) is 15.1. The van der Waals surface area contributed by atoms with Crippen LogP contribution in [0.15, 0.2) is 27.8 Å². The summed E-state index contributed by atoms with van der Waals surface area (Å²) in [6.45, 7) is 11.5. The Morgan fingerprint density at radius 2 is 1.96 bits per heavy atom. The van der Waals surface area contributed by atoms with Gasteiger partial charge in [-0.25, -0.2) is 0 Å². The molecule has 140 valence electrons. The summed E-state index contributed by atoms with van der Waals surface area (Å²) in [6, 6.07) is 0. The molecule has 2 rings (SSSR count). The van der Waals surface area contributed by atoms with Crippen molar-refractivity contribution in [2.45, 2.75) is 79.6 Å². The summed E-state index contributed by atoms with van der Waals surface area (Å²) in [4.78, 5) is 15.5. The Morgan fingerprint density at radius 3 is 2.60 bits per heavy atom. The molecule has 2 aliphatic carbocycles. The maximum atomic E-state index is 11.8. The topological polar surface area (TPSA) is 81.5 Å². The van der Waals surface area contributed by atoms with Crippen LogP contribution in [0.1, 0.15) is 79.6 Å². The van der Waals surface area contributed by atoms with E-state index in [4.69, 9.17) is 11.5 Å². The Kier molecular flexibility index (Phi) is 5.80. The maximum Gasteiger partial charge on any atom is 0.275 e. The summed E-state index contributed by atoms with van der Waals surface area (Å²) >= 11 is 0. The quantitative estimate of drug-likeness (QED) is 0.342. The highest BCUT2D eigenvalue weighted by atomic mass is 16.1. The monoisotopic (exact) mass is 345 g/mol. The Labute approximate surface area is 152 Å². The maximum absolute atomic E-state index is 11.8. The lowest BCUT2D eigenvalue weighted by Gasteiger charge is -2.55. The fourth-order valence-electron chi connectivity index (χ4n) is 5.42. The van der Waals surface area contributed by atoms with Crippen molar-refractivity contribution in [2.75, 3.05) is 0 Å². The number of amides is 1. The number of carbonyl (C=O) groups is 1. The molecular formula is C21H35N3O. The molecule has 0 aromatic carbocycles. The van der Waals surface area contributed by atoms with Crippen molar-refractivity contribution in [3.05, 3.63) is 22.8 Å². The summed E-state index contributed by atoms with van der Waals surface area (Å²) < 4.78 is 0. The van der Waals surface area contributed by atoms with E-state index in [1.165, 1.54) is 32.1 Å². The van der Waals surface area contributed by atoms with Gasteiger partial charge in [-0.1, -0.05) is 44.4 Å². The average molecular weight is 346 g/mol. The Balaban J connectivity index is 2.15. The normalized spacial score (nSPS) is 29.2. The van der Waals surface area contributed by atoms with Crippen LogP contribution in [0.5, 0.6) is 0 Å².